The average molecular weight is 347 g/mol. The molecule has 3 rings (SSSR count). The highest BCUT2D eigenvalue weighted by Crippen LogP contribution is 2.19. The third kappa shape index (κ3) is 5.19. The molecule has 0 atom stereocenters. The van der Waals surface area contributed by atoms with E-state index < -0.39 is 0 Å². The molecular formula is C18H25N3O2S. The zero-order valence-electron chi connectivity index (χ0n) is 14.2. The number of likely N-dealkylation sites (tertiary alicyclic amines) is 1. The number of rotatable bonds is 9. The third-order valence-electron chi connectivity index (χ3n) is 4.13. The first kappa shape index (κ1) is 17.2. The van der Waals surface area contributed by atoms with Crippen molar-refractivity contribution in [3.05, 3.63) is 40.3 Å². The molecule has 1 saturated heterocycles. The lowest BCUT2D eigenvalue weighted by molar-refractivity contribution is 0.304. The summed E-state index contributed by atoms with van der Waals surface area (Å²) in [4.78, 5) is 7.14. The Bertz CT molecular complexity index is 609. The number of benzene rings is 1. The molecule has 0 radical (unpaired) electrons. The maximum absolute atomic E-state index is 5.76. The Kier molecular flexibility index (Phi) is 6.46. The summed E-state index contributed by atoms with van der Waals surface area (Å²) in [7, 11) is 1.66. The molecule has 1 N–H and O–H groups in total. The second-order valence-corrected chi connectivity index (χ2v) is 6.86. The van der Waals surface area contributed by atoms with Gasteiger partial charge in [0.15, 0.2) is 0 Å². The normalized spacial score (nSPS) is 14.9. The van der Waals surface area contributed by atoms with Gasteiger partial charge in [-0.3, -0.25) is 0 Å². The Balaban J connectivity index is 1.36. The maximum atomic E-state index is 5.76. The van der Waals surface area contributed by atoms with Crippen molar-refractivity contribution < 1.29 is 9.47 Å². The van der Waals surface area contributed by atoms with Crippen LogP contribution in [-0.2, 0) is 13.2 Å². The Morgan fingerprint density at radius 2 is 1.92 bits per heavy atom. The van der Waals surface area contributed by atoms with Crippen molar-refractivity contribution in [1.29, 1.82) is 0 Å². The predicted octanol–water partition coefficient (Wildman–Crippen LogP) is 2.92. The summed E-state index contributed by atoms with van der Waals surface area (Å²) in [6, 6.07) is 7.61. The number of methoxy groups -OCH3 is 1. The highest BCUT2D eigenvalue weighted by molar-refractivity contribution is 7.09. The molecule has 1 aromatic carbocycles. The summed E-state index contributed by atoms with van der Waals surface area (Å²) in [6.07, 6.45) is 2.70. The van der Waals surface area contributed by atoms with Gasteiger partial charge in [0.1, 0.15) is 23.1 Å². The van der Waals surface area contributed by atoms with Gasteiger partial charge in [-0.1, -0.05) is 0 Å². The molecule has 1 aromatic heterocycles. The number of thiazole rings is 1. The van der Waals surface area contributed by atoms with E-state index in [4.69, 9.17) is 9.47 Å². The Hall–Kier alpha value is -1.63. The molecule has 5 nitrogen and oxygen atoms in total. The second kappa shape index (κ2) is 9.01. The highest BCUT2D eigenvalue weighted by atomic mass is 32.1. The third-order valence-corrected chi connectivity index (χ3v) is 5.00. The number of hydrogen-bond donors (Lipinski definition) is 1. The molecule has 0 saturated carbocycles. The first-order valence-corrected chi connectivity index (χ1v) is 9.34. The molecule has 2 heterocycles. The summed E-state index contributed by atoms with van der Waals surface area (Å²) in [5, 5.41) is 6.58. The van der Waals surface area contributed by atoms with Gasteiger partial charge in [0.05, 0.1) is 12.8 Å². The molecule has 0 unspecified atom stereocenters. The van der Waals surface area contributed by atoms with Gasteiger partial charge in [0.25, 0.3) is 0 Å². The van der Waals surface area contributed by atoms with E-state index in [-0.39, 0.29) is 0 Å². The van der Waals surface area contributed by atoms with Crippen LogP contribution >= 0.6 is 11.3 Å². The minimum atomic E-state index is 0.505. The molecule has 24 heavy (non-hydrogen) atoms. The van der Waals surface area contributed by atoms with E-state index in [9.17, 15) is 0 Å². The maximum Gasteiger partial charge on any atom is 0.140 e. The summed E-state index contributed by atoms with van der Waals surface area (Å²) in [6.45, 7) is 6.00. The summed E-state index contributed by atoms with van der Waals surface area (Å²) in [5.74, 6) is 1.66. The molecule has 1 fully saturated rings. The smallest absolute Gasteiger partial charge is 0.140 e. The minimum absolute atomic E-state index is 0.505. The number of nitrogens with zero attached hydrogens (tertiary/aromatic N) is 2. The van der Waals surface area contributed by atoms with Gasteiger partial charge >= 0.3 is 0 Å². The number of ether oxygens (including phenoxy) is 2. The first-order chi connectivity index (χ1) is 11.8. The minimum Gasteiger partial charge on any atom is -0.497 e. The van der Waals surface area contributed by atoms with E-state index in [1.54, 1.807) is 18.4 Å². The molecule has 6 heteroatoms. The Morgan fingerprint density at radius 3 is 2.67 bits per heavy atom. The zero-order valence-corrected chi connectivity index (χ0v) is 15.0. The van der Waals surface area contributed by atoms with Crippen LogP contribution in [0.2, 0.25) is 0 Å². The molecule has 2 aromatic rings. The van der Waals surface area contributed by atoms with Crippen molar-refractivity contribution in [3.8, 4) is 11.5 Å². The van der Waals surface area contributed by atoms with Gasteiger partial charge < -0.3 is 19.7 Å². The van der Waals surface area contributed by atoms with Gasteiger partial charge in [-0.05, 0) is 50.2 Å². The van der Waals surface area contributed by atoms with Crippen LogP contribution in [0.25, 0.3) is 0 Å². The fourth-order valence-electron chi connectivity index (χ4n) is 2.77. The average Bonchev–Trinajstić information content (AvgIpc) is 3.29. The van der Waals surface area contributed by atoms with E-state index in [2.05, 4.69) is 20.6 Å². The standard InChI is InChI=1S/C18H25N3O2S/c1-22-16-4-6-17(7-5-16)23-13-18-20-15(14-24-18)12-19-8-11-21-9-2-3-10-21/h4-7,14,19H,2-3,8-13H2,1H3. The molecule has 0 bridgehead atoms. The molecule has 1 aliphatic rings. The summed E-state index contributed by atoms with van der Waals surface area (Å²) in [5.41, 5.74) is 1.09. The lowest BCUT2D eigenvalue weighted by Crippen LogP contribution is -2.29. The summed E-state index contributed by atoms with van der Waals surface area (Å²) >= 11 is 1.65. The molecule has 0 amide bonds. The number of hydrogen-bond acceptors (Lipinski definition) is 6. The van der Waals surface area contributed by atoms with Crippen molar-refractivity contribution >= 4 is 11.3 Å². The molecule has 0 spiro atoms. The van der Waals surface area contributed by atoms with Crippen molar-refractivity contribution in [2.24, 2.45) is 0 Å². The van der Waals surface area contributed by atoms with Crippen molar-refractivity contribution in [1.82, 2.24) is 15.2 Å². The molecule has 1 aliphatic heterocycles. The zero-order chi connectivity index (χ0) is 16.6. The van der Waals surface area contributed by atoms with Crippen LogP contribution in [0.1, 0.15) is 23.5 Å². The summed E-state index contributed by atoms with van der Waals surface area (Å²) < 4.78 is 10.9. The van der Waals surface area contributed by atoms with Gasteiger partial charge in [-0.2, -0.15) is 0 Å². The number of nitrogens with one attached hydrogen (secondary N) is 1. The van der Waals surface area contributed by atoms with Crippen LogP contribution < -0.4 is 14.8 Å². The lowest BCUT2D eigenvalue weighted by atomic mass is 10.3. The largest absolute Gasteiger partial charge is 0.497 e. The van der Waals surface area contributed by atoms with Gasteiger partial charge in [-0.15, -0.1) is 11.3 Å². The number of aromatic nitrogens is 1. The monoisotopic (exact) mass is 347 g/mol. The van der Waals surface area contributed by atoms with Gasteiger partial charge in [0.2, 0.25) is 0 Å². The lowest BCUT2D eigenvalue weighted by Gasteiger charge is -2.14. The van der Waals surface area contributed by atoms with E-state index in [1.807, 2.05) is 24.3 Å². The fraction of sp³-hybridized carbons (Fsp3) is 0.500. The van der Waals surface area contributed by atoms with Crippen LogP contribution in [-0.4, -0.2) is 43.2 Å². The van der Waals surface area contributed by atoms with E-state index in [0.717, 1.165) is 41.8 Å². The highest BCUT2D eigenvalue weighted by Gasteiger charge is 2.10. The Morgan fingerprint density at radius 1 is 1.17 bits per heavy atom. The second-order valence-electron chi connectivity index (χ2n) is 5.92. The fourth-order valence-corrected chi connectivity index (χ4v) is 3.48. The van der Waals surface area contributed by atoms with Crippen LogP contribution in [0.15, 0.2) is 29.6 Å². The molecule has 0 aliphatic carbocycles. The SMILES string of the molecule is COc1ccc(OCc2nc(CNCCN3CCCC3)cs2)cc1. The van der Waals surface area contributed by atoms with Crippen LogP contribution in [0.3, 0.4) is 0 Å². The van der Waals surface area contributed by atoms with Crippen LogP contribution in [0.4, 0.5) is 0 Å². The quantitative estimate of drug-likeness (QED) is 0.707. The van der Waals surface area contributed by atoms with Gasteiger partial charge in [-0.25, -0.2) is 4.98 Å². The first-order valence-electron chi connectivity index (χ1n) is 8.47. The molecular weight excluding hydrogens is 322 g/mol. The van der Waals surface area contributed by atoms with E-state index in [0.29, 0.717) is 6.61 Å². The van der Waals surface area contributed by atoms with Crippen molar-refractivity contribution in [3.63, 3.8) is 0 Å². The predicted molar refractivity (Wildman–Crippen MR) is 96.8 cm³/mol. The van der Waals surface area contributed by atoms with Crippen LogP contribution in [0.5, 0.6) is 11.5 Å². The van der Waals surface area contributed by atoms with Crippen LogP contribution in [0, 0.1) is 0 Å². The van der Waals surface area contributed by atoms with Gasteiger partial charge in [0, 0.05) is 25.0 Å². The van der Waals surface area contributed by atoms with Crippen molar-refractivity contribution in [2.45, 2.75) is 26.0 Å². The van der Waals surface area contributed by atoms with E-state index in [1.165, 1.54) is 25.9 Å². The van der Waals surface area contributed by atoms with Crippen molar-refractivity contribution in [2.75, 3.05) is 33.3 Å². The van der Waals surface area contributed by atoms with E-state index >= 15 is 0 Å². The topological polar surface area (TPSA) is 46.6 Å². The Labute approximate surface area is 147 Å². The molecule has 130 valence electrons.